The fraction of sp³-hybridized carbons (Fsp3) is 0. The molecule has 1 heterocycles. The van der Waals surface area contributed by atoms with E-state index in [1.54, 1.807) is 36.7 Å². The van der Waals surface area contributed by atoms with Crippen LogP contribution in [0.2, 0.25) is 0 Å². The third-order valence-electron chi connectivity index (χ3n) is 3.23. The zero-order valence-electron chi connectivity index (χ0n) is 11.7. The van der Waals surface area contributed by atoms with Gasteiger partial charge in [-0.2, -0.15) is 0 Å². The number of hydrogen-bond donors (Lipinski definition) is 1. The van der Waals surface area contributed by atoms with E-state index in [-0.39, 0.29) is 10.6 Å². The van der Waals surface area contributed by atoms with E-state index in [9.17, 15) is 18.5 Å². The first-order valence-electron chi connectivity index (χ1n) is 6.57. The first-order chi connectivity index (χ1) is 11.0. The Bertz CT molecular complexity index is 1000. The van der Waals surface area contributed by atoms with Crippen LogP contribution in [0, 0.1) is 10.1 Å². The van der Waals surface area contributed by atoms with E-state index in [2.05, 4.69) is 9.71 Å². The van der Waals surface area contributed by atoms with E-state index in [4.69, 9.17) is 0 Å². The van der Waals surface area contributed by atoms with Crippen molar-refractivity contribution in [1.82, 2.24) is 4.98 Å². The molecular formula is C15H11N3O4S. The number of nitro groups is 1. The van der Waals surface area contributed by atoms with Gasteiger partial charge in [-0.05, 0) is 29.7 Å². The minimum Gasteiger partial charge on any atom is -0.280 e. The normalized spacial score (nSPS) is 11.3. The van der Waals surface area contributed by atoms with Crippen molar-refractivity contribution >= 4 is 32.2 Å². The molecule has 0 saturated carbocycles. The lowest BCUT2D eigenvalue weighted by Gasteiger charge is -2.09. The zero-order chi connectivity index (χ0) is 16.4. The molecule has 8 heteroatoms. The monoisotopic (exact) mass is 329 g/mol. The Labute approximate surface area is 131 Å². The molecule has 0 atom stereocenters. The minimum atomic E-state index is -3.91. The lowest BCUT2D eigenvalue weighted by Crippen LogP contribution is -2.13. The van der Waals surface area contributed by atoms with Crippen LogP contribution in [0.3, 0.4) is 0 Å². The number of benzene rings is 2. The third-order valence-corrected chi connectivity index (χ3v) is 4.61. The molecule has 0 fully saturated rings. The van der Waals surface area contributed by atoms with E-state index in [0.29, 0.717) is 5.69 Å². The maximum atomic E-state index is 12.4. The van der Waals surface area contributed by atoms with Crippen molar-refractivity contribution in [2.45, 2.75) is 4.90 Å². The number of nitrogens with one attached hydrogen (secondary N) is 1. The van der Waals surface area contributed by atoms with Crippen molar-refractivity contribution in [2.24, 2.45) is 0 Å². The third kappa shape index (κ3) is 3.11. The molecule has 116 valence electrons. The maximum absolute atomic E-state index is 12.4. The Balaban J connectivity index is 1.96. The van der Waals surface area contributed by atoms with Crippen molar-refractivity contribution in [1.29, 1.82) is 0 Å². The fourth-order valence-electron chi connectivity index (χ4n) is 2.13. The molecule has 0 bridgehead atoms. The van der Waals surface area contributed by atoms with Crippen LogP contribution in [0.4, 0.5) is 11.4 Å². The highest BCUT2D eigenvalue weighted by Gasteiger charge is 2.17. The highest BCUT2D eigenvalue weighted by atomic mass is 32.2. The summed E-state index contributed by atoms with van der Waals surface area (Å²) in [5.41, 5.74) is 0.0904. The van der Waals surface area contributed by atoms with Crippen molar-refractivity contribution < 1.29 is 13.3 Å². The molecule has 0 saturated heterocycles. The molecule has 3 aromatic rings. The van der Waals surface area contributed by atoms with Crippen LogP contribution in [0.15, 0.2) is 65.8 Å². The Kier molecular flexibility index (Phi) is 3.67. The summed E-state index contributed by atoms with van der Waals surface area (Å²) in [6, 6.07) is 11.7. The first kappa shape index (κ1) is 14.9. The number of hydrogen-bond acceptors (Lipinski definition) is 5. The van der Waals surface area contributed by atoms with E-state index < -0.39 is 14.9 Å². The van der Waals surface area contributed by atoms with Gasteiger partial charge in [0.05, 0.1) is 9.82 Å². The SMILES string of the molecule is O=[N+]([O-])c1cccc(S(=O)(=O)Nc2ccc3cnccc3c2)c1. The minimum absolute atomic E-state index is 0.165. The van der Waals surface area contributed by atoms with E-state index in [1.807, 2.05) is 0 Å². The Morgan fingerprint density at radius 3 is 2.65 bits per heavy atom. The van der Waals surface area contributed by atoms with Gasteiger partial charge in [0.2, 0.25) is 0 Å². The largest absolute Gasteiger partial charge is 0.280 e. The molecule has 0 unspecified atom stereocenters. The van der Waals surface area contributed by atoms with Crippen LogP contribution in [0.5, 0.6) is 0 Å². The Morgan fingerprint density at radius 1 is 1.04 bits per heavy atom. The number of rotatable bonds is 4. The summed E-state index contributed by atoms with van der Waals surface area (Å²) in [6.45, 7) is 0. The van der Waals surface area contributed by atoms with Gasteiger partial charge in [-0.25, -0.2) is 8.42 Å². The van der Waals surface area contributed by atoms with Crippen LogP contribution >= 0.6 is 0 Å². The summed E-state index contributed by atoms with van der Waals surface area (Å²) in [5, 5.41) is 12.5. The van der Waals surface area contributed by atoms with E-state index in [1.165, 1.54) is 18.2 Å². The van der Waals surface area contributed by atoms with Gasteiger partial charge in [-0.15, -0.1) is 0 Å². The smallest absolute Gasteiger partial charge is 0.270 e. The quantitative estimate of drug-likeness (QED) is 0.585. The molecule has 2 aromatic carbocycles. The van der Waals surface area contributed by atoms with Gasteiger partial charge in [-0.3, -0.25) is 19.8 Å². The number of nitrogens with zero attached hydrogens (tertiary/aromatic N) is 2. The average Bonchev–Trinajstić information content (AvgIpc) is 2.54. The molecule has 1 aromatic heterocycles. The summed E-state index contributed by atoms with van der Waals surface area (Å²) in [6.07, 6.45) is 3.29. The van der Waals surface area contributed by atoms with Crippen molar-refractivity contribution in [2.75, 3.05) is 4.72 Å². The number of aromatic nitrogens is 1. The second-order valence-electron chi connectivity index (χ2n) is 4.80. The topological polar surface area (TPSA) is 102 Å². The molecule has 23 heavy (non-hydrogen) atoms. The molecule has 3 rings (SSSR count). The van der Waals surface area contributed by atoms with Crippen molar-refractivity contribution in [3.63, 3.8) is 0 Å². The Hall–Kier alpha value is -3.00. The maximum Gasteiger partial charge on any atom is 0.270 e. The number of sulfonamides is 1. The summed E-state index contributed by atoms with van der Waals surface area (Å²) < 4.78 is 27.2. The highest BCUT2D eigenvalue weighted by molar-refractivity contribution is 7.92. The summed E-state index contributed by atoms with van der Waals surface area (Å²) in [5.74, 6) is 0. The molecule has 0 radical (unpaired) electrons. The van der Waals surface area contributed by atoms with Gasteiger partial charge in [0.15, 0.2) is 0 Å². The number of pyridine rings is 1. The second kappa shape index (κ2) is 5.65. The molecule has 1 N–H and O–H groups in total. The molecule has 0 aliphatic carbocycles. The van der Waals surface area contributed by atoms with Gasteiger partial charge < -0.3 is 0 Å². The zero-order valence-corrected chi connectivity index (χ0v) is 12.5. The molecular weight excluding hydrogens is 318 g/mol. The van der Waals surface area contributed by atoms with Gasteiger partial charge in [0, 0.05) is 35.6 Å². The van der Waals surface area contributed by atoms with Gasteiger partial charge >= 0.3 is 0 Å². The van der Waals surface area contributed by atoms with Crippen LogP contribution in [0.1, 0.15) is 0 Å². The van der Waals surface area contributed by atoms with Gasteiger partial charge in [0.1, 0.15) is 0 Å². The van der Waals surface area contributed by atoms with Crippen LogP contribution in [-0.2, 0) is 10.0 Å². The number of non-ortho nitro benzene ring substituents is 1. The number of fused-ring (bicyclic) bond motifs is 1. The lowest BCUT2D eigenvalue weighted by atomic mass is 10.2. The summed E-state index contributed by atoms with van der Waals surface area (Å²) in [4.78, 5) is 14.0. The molecule has 0 aliphatic heterocycles. The predicted molar refractivity (Wildman–Crippen MR) is 85.6 cm³/mol. The van der Waals surface area contributed by atoms with Crippen LogP contribution in [0.25, 0.3) is 10.8 Å². The highest BCUT2D eigenvalue weighted by Crippen LogP contribution is 2.23. The second-order valence-corrected chi connectivity index (χ2v) is 6.48. The molecule has 0 spiro atoms. The van der Waals surface area contributed by atoms with E-state index in [0.717, 1.165) is 16.8 Å². The molecule has 0 amide bonds. The summed E-state index contributed by atoms with van der Waals surface area (Å²) in [7, 11) is -3.91. The molecule has 0 aliphatic rings. The lowest BCUT2D eigenvalue weighted by molar-refractivity contribution is -0.385. The van der Waals surface area contributed by atoms with Gasteiger partial charge in [0.25, 0.3) is 15.7 Å². The standard InChI is InChI=1S/C15H11N3O4S/c19-18(20)14-2-1-3-15(9-14)23(21,22)17-13-5-4-12-10-16-7-6-11(12)8-13/h1-10,17H. The number of anilines is 1. The van der Waals surface area contributed by atoms with Crippen molar-refractivity contribution in [3.8, 4) is 0 Å². The summed E-state index contributed by atoms with van der Waals surface area (Å²) >= 11 is 0. The number of nitro benzene ring substituents is 1. The van der Waals surface area contributed by atoms with Crippen molar-refractivity contribution in [3.05, 3.63) is 71.0 Å². The van der Waals surface area contributed by atoms with Crippen LogP contribution in [-0.4, -0.2) is 18.3 Å². The van der Waals surface area contributed by atoms with Gasteiger partial charge in [-0.1, -0.05) is 12.1 Å². The first-order valence-corrected chi connectivity index (χ1v) is 8.05. The average molecular weight is 329 g/mol. The molecule has 7 nitrogen and oxygen atoms in total. The van der Waals surface area contributed by atoms with E-state index >= 15 is 0 Å². The Morgan fingerprint density at radius 2 is 1.87 bits per heavy atom. The fourth-order valence-corrected chi connectivity index (χ4v) is 3.21. The van der Waals surface area contributed by atoms with Crippen LogP contribution < -0.4 is 4.72 Å². The predicted octanol–water partition coefficient (Wildman–Crippen LogP) is 2.94.